The highest BCUT2D eigenvalue weighted by atomic mass is 16.5. The van der Waals surface area contributed by atoms with Crippen molar-refractivity contribution in [1.82, 2.24) is 9.38 Å². The van der Waals surface area contributed by atoms with Crippen LogP contribution in [0.3, 0.4) is 0 Å². The molecule has 0 saturated heterocycles. The molecule has 0 N–H and O–H groups in total. The predicted octanol–water partition coefficient (Wildman–Crippen LogP) is 2.26. The number of fused-ring (bicyclic) bond motifs is 1. The Morgan fingerprint density at radius 3 is 3.13 bits per heavy atom. The van der Waals surface area contributed by atoms with Crippen LogP contribution in [0.5, 0.6) is 0 Å². The number of allylic oxidation sites excluding steroid dienone is 2. The van der Waals surface area contributed by atoms with Crippen molar-refractivity contribution in [2.45, 2.75) is 0 Å². The highest BCUT2D eigenvalue weighted by Gasteiger charge is 2.05. The zero-order chi connectivity index (χ0) is 10.1. The molecule has 0 amide bonds. The fraction of sp³-hybridized carbons (Fsp3) is 0.0833. The Morgan fingerprint density at radius 2 is 2.33 bits per heavy atom. The van der Waals surface area contributed by atoms with E-state index in [1.165, 1.54) is 0 Å². The lowest BCUT2D eigenvalue weighted by atomic mass is 10.2. The molecule has 1 aliphatic rings. The molecule has 0 bridgehead atoms. The van der Waals surface area contributed by atoms with Crippen LogP contribution in [-0.2, 0) is 4.74 Å². The van der Waals surface area contributed by atoms with Gasteiger partial charge in [0.05, 0.1) is 12.0 Å². The number of ether oxygens (including phenoxy) is 1. The van der Waals surface area contributed by atoms with Crippen molar-refractivity contribution in [3.63, 3.8) is 0 Å². The second kappa shape index (κ2) is 3.28. The Balaban J connectivity index is 2.11. The Labute approximate surface area is 87.3 Å². The van der Waals surface area contributed by atoms with Crippen LogP contribution in [0.2, 0.25) is 0 Å². The van der Waals surface area contributed by atoms with Gasteiger partial charge in [-0.05, 0) is 24.3 Å². The molecule has 2 aromatic rings. The summed E-state index contributed by atoms with van der Waals surface area (Å²) in [6.45, 7) is 0.625. The van der Waals surface area contributed by atoms with Crippen molar-refractivity contribution in [2.24, 2.45) is 0 Å². The van der Waals surface area contributed by atoms with Crippen molar-refractivity contribution in [3.8, 4) is 0 Å². The molecule has 74 valence electrons. The summed E-state index contributed by atoms with van der Waals surface area (Å²) in [5, 5.41) is 0. The molecule has 0 atom stereocenters. The minimum Gasteiger partial charge on any atom is -0.497 e. The van der Waals surface area contributed by atoms with Crippen molar-refractivity contribution in [2.75, 3.05) is 6.61 Å². The lowest BCUT2D eigenvalue weighted by molar-refractivity contribution is 0.287. The molecule has 0 fully saturated rings. The number of imidazole rings is 1. The van der Waals surface area contributed by atoms with Gasteiger partial charge in [0.25, 0.3) is 0 Å². The van der Waals surface area contributed by atoms with Crippen LogP contribution in [0.1, 0.15) is 5.69 Å². The summed E-state index contributed by atoms with van der Waals surface area (Å²) in [6.07, 6.45) is 9.69. The molecule has 3 rings (SSSR count). The summed E-state index contributed by atoms with van der Waals surface area (Å²) in [5.41, 5.74) is 3.07. The van der Waals surface area contributed by atoms with Crippen LogP contribution < -0.4 is 0 Å². The van der Waals surface area contributed by atoms with Gasteiger partial charge in [0, 0.05) is 18.0 Å². The highest BCUT2D eigenvalue weighted by molar-refractivity contribution is 5.73. The molecule has 1 aliphatic heterocycles. The normalized spacial score (nSPS) is 15.1. The first-order valence-electron chi connectivity index (χ1n) is 4.86. The first kappa shape index (κ1) is 8.29. The van der Waals surface area contributed by atoms with Crippen molar-refractivity contribution < 1.29 is 4.74 Å². The molecular weight excluding hydrogens is 188 g/mol. The van der Waals surface area contributed by atoms with Gasteiger partial charge in [0.2, 0.25) is 0 Å². The molecule has 0 unspecified atom stereocenters. The summed E-state index contributed by atoms with van der Waals surface area (Å²) in [6, 6.07) is 5.97. The maximum absolute atomic E-state index is 5.10. The van der Waals surface area contributed by atoms with Crippen LogP contribution in [0.4, 0.5) is 0 Å². The van der Waals surface area contributed by atoms with E-state index >= 15 is 0 Å². The molecule has 0 saturated carbocycles. The van der Waals surface area contributed by atoms with E-state index in [0.717, 1.165) is 16.9 Å². The van der Waals surface area contributed by atoms with Crippen molar-refractivity contribution >= 4 is 11.2 Å². The Bertz CT molecular complexity index is 519. The van der Waals surface area contributed by atoms with Crippen LogP contribution in [0, 0.1) is 0 Å². The van der Waals surface area contributed by atoms with Crippen LogP contribution in [0.25, 0.3) is 11.2 Å². The lowest BCUT2D eigenvalue weighted by Gasteiger charge is -2.04. The van der Waals surface area contributed by atoms with Crippen molar-refractivity contribution in [1.29, 1.82) is 0 Å². The number of nitrogens with zero attached hydrogens (tertiary/aromatic N) is 2. The minimum absolute atomic E-state index is 0.625. The van der Waals surface area contributed by atoms with Gasteiger partial charge in [0.15, 0.2) is 0 Å². The van der Waals surface area contributed by atoms with E-state index in [0.29, 0.717) is 6.61 Å². The van der Waals surface area contributed by atoms with Gasteiger partial charge >= 0.3 is 0 Å². The van der Waals surface area contributed by atoms with E-state index in [2.05, 4.69) is 4.98 Å². The van der Waals surface area contributed by atoms with E-state index in [4.69, 9.17) is 4.74 Å². The summed E-state index contributed by atoms with van der Waals surface area (Å²) < 4.78 is 7.12. The molecule has 3 nitrogen and oxygen atoms in total. The fourth-order valence-corrected chi connectivity index (χ4v) is 1.65. The number of aromatic nitrogens is 2. The summed E-state index contributed by atoms with van der Waals surface area (Å²) in [7, 11) is 0. The summed E-state index contributed by atoms with van der Waals surface area (Å²) in [5.74, 6) is 0. The summed E-state index contributed by atoms with van der Waals surface area (Å²) >= 11 is 0. The smallest absolute Gasteiger partial charge is 0.137 e. The maximum Gasteiger partial charge on any atom is 0.137 e. The van der Waals surface area contributed by atoms with Crippen molar-refractivity contribution in [3.05, 3.63) is 54.7 Å². The SMILES string of the molecule is C1=CC(c2cn3ccccc3n2)=CCO1. The van der Waals surface area contributed by atoms with Crippen LogP contribution >= 0.6 is 0 Å². The van der Waals surface area contributed by atoms with E-state index in [-0.39, 0.29) is 0 Å². The molecule has 0 spiro atoms. The molecule has 0 radical (unpaired) electrons. The second-order valence-corrected chi connectivity index (χ2v) is 3.39. The Morgan fingerprint density at radius 1 is 1.33 bits per heavy atom. The molecule has 3 heterocycles. The number of hydrogen-bond donors (Lipinski definition) is 0. The minimum atomic E-state index is 0.625. The number of hydrogen-bond acceptors (Lipinski definition) is 2. The van der Waals surface area contributed by atoms with Crippen LogP contribution in [-0.4, -0.2) is 16.0 Å². The third-order valence-electron chi connectivity index (χ3n) is 2.40. The van der Waals surface area contributed by atoms with E-state index in [9.17, 15) is 0 Å². The average molecular weight is 198 g/mol. The zero-order valence-electron chi connectivity index (χ0n) is 8.13. The molecular formula is C12H10N2O. The van der Waals surface area contributed by atoms with Gasteiger partial charge in [-0.1, -0.05) is 6.07 Å². The highest BCUT2D eigenvalue weighted by Crippen LogP contribution is 2.18. The monoisotopic (exact) mass is 198 g/mol. The maximum atomic E-state index is 5.10. The largest absolute Gasteiger partial charge is 0.497 e. The lowest BCUT2D eigenvalue weighted by Crippen LogP contribution is -1.91. The fourth-order valence-electron chi connectivity index (χ4n) is 1.65. The zero-order valence-corrected chi connectivity index (χ0v) is 8.13. The van der Waals surface area contributed by atoms with Gasteiger partial charge in [0.1, 0.15) is 12.3 Å². The van der Waals surface area contributed by atoms with Gasteiger partial charge in [-0.3, -0.25) is 0 Å². The first-order valence-corrected chi connectivity index (χ1v) is 4.86. The second-order valence-electron chi connectivity index (χ2n) is 3.39. The Kier molecular flexibility index (Phi) is 1.81. The van der Waals surface area contributed by atoms with Gasteiger partial charge in [-0.15, -0.1) is 0 Å². The average Bonchev–Trinajstić information content (AvgIpc) is 2.74. The van der Waals surface area contributed by atoms with E-state index in [1.807, 2.05) is 47.1 Å². The van der Waals surface area contributed by atoms with Gasteiger partial charge < -0.3 is 9.14 Å². The standard InChI is InChI=1S/C12H10N2O/c1-2-6-14-9-11(13-12(14)3-1)10-4-7-15-8-5-10/h1-7,9H,8H2. The molecule has 15 heavy (non-hydrogen) atoms. The topological polar surface area (TPSA) is 26.5 Å². The number of pyridine rings is 1. The Hall–Kier alpha value is -2.03. The third-order valence-corrected chi connectivity index (χ3v) is 2.40. The molecule has 2 aromatic heterocycles. The molecule has 0 aromatic carbocycles. The van der Waals surface area contributed by atoms with Gasteiger partial charge in [-0.25, -0.2) is 4.98 Å². The molecule has 3 heteroatoms. The molecule has 0 aliphatic carbocycles. The first-order chi connectivity index (χ1) is 7.43. The van der Waals surface area contributed by atoms with E-state index < -0.39 is 0 Å². The summed E-state index contributed by atoms with van der Waals surface area (Å²) in [4.78, 5) is 4.52. The third kappa shape index (κ3) is 1.42. The predicted molar refractivity (Wildman–Crippen MR) is 58.3 cm³/mol. The number of rotatable bonds is 1. The van der Waals surface area contributed by atoms with Gasteiger partial charge in [-0.2, -0.15) is 0 Å². The van der Waals surface area contributed by atoms with E-state index in [1.54, 1.807) is 6.26 Å². The van der Waals surface area contributed by atoms with Crippen LogP contribution in [0.15, 0.2) is 49.0 Å². The quantitative estimate of drug-likeness (QED) is 0.702.